The minimum absolute atomic E-state index is 0.00912. The molecular weight excluding hydrogens is 260 g/mol. The first-order valence-electron chi connectivity index (χ1n) is 6.88. The van der Waals surface area contributed by atoms with Crippen LogP contribution in [0.15, 0.2) is 24.3 Å². The molecule has 2 fully saturated rings. The van der Waals surface area contributed by atoms with E-state index in [0.29, 0.717) is 13.0 Å². The van der Waals surface area contributed by atoms with Crippen LogP contribution in [0.1, 0.15) is 31.2 Å². The topological polar surface area (TPSA) is 46.3 Å². The molecule has 0 aromatic heterocycles. The van der Waals surface area contributed by atoms with E-state index in [1.54, 1.807) is 0 Å². The molecule has 0 spiro atoms. The quantitative estimate of drug-likeness (QED) is 0.922. The molecule has 1 aliphatic heterocycles. The van der Waals surface area contributed by atoms with Crippen molar-refractivity contribution in [3.8, 4) is 0 Å². The van der Waals surface area contributed by atoms with Gasteiger partial charge in [-0.15, -0.1) is 0 Å². The summed E-state index contributed by atoms with van der Waals surface area (Å²) >= 11 is 5.95. The molecule has 1 aromatic rings. The summed E-state index contributed by atoms with van der Waals surface area (Å²) < 4.78 is 0. The van der Waals surface area contributed by atoms with Crippen molar-refractivity contribution >= 4 is 17.5 Å². The molecular formula is C15H19ClN2O. The van der Waals surface area contributed by atoms with Crippen LogP contribution < -0.4 is 5.73 Å². The second kappa shape index (κ2) is 4.80. The van der Waals surface area contributed by atoms with E-state index < -0.39 is 0 Å². The third kappa shape index (κ3) is 2.37. The van der Waals surface area contributed by atoms with Gasteiger partial charge >= 0.3 is 0 Å². The van der Waals surface area contributed by atoms with Crippen LogP contribution in [-0.2, 0) is 10.2 Å². The number of carbonyl (C=O) groups excluding carboxylic acids is 1. The Morgan fingerprint density at radius 1 is 1.32 bits per heavy atom. The van der Waals surface area contributed by atoms with Crippen molar-refractivity contribution in [1.82, 2.24) is 4.90 Å². The molecule has 1 aliphatic carbocycles. The van der Waals surface area contributed by atoms with Gasteiger partial charge < -0.3 is 10.6 Å². The molecule has 1 aromatic carbocycles. The van der Waals surface area contributed by atoms with E-state index in [1.165, 1.54) is 12.0 Å². The predicted molar refractivity (Wildman–Crippen MR) is 76.2 cm³/mol. The molecule has 4 heteroatoms. The highest BCUT2D eigenvalue weighted by Gasteiger charge is 2.42. The van der Waals surface area contributed by atoms with Gasteiger partial charge in [0.1, 0.15) is 0 Å². The number of hydrogen-bond donors (Lipinski definition) is 1. The smallest absolute Gasteiger partial charge is 0.224 e. The highest BCUT2D eigenvalue weighted by atomic mass is 35.5. The van der Waals surface area contributed by atoms with Crippen molar-refractivity contribution in [3.63, 3.8) is 0 Å². The van der Waals surface area contributed by atoms with E-state index in [0.717, 1.165) is 24.4 Å². The van der Waals surface area contributed by atoms with Crippen molar-refractivity contribution in [1.29, 1.82) is 0 Å². The van der Waals surface area contributed by atoms with Gasteiger partial charge in [0.05, 0.1) is 0 Å². The molecule has 1 saturated carbocycles. The van der Waals surface area contributed by atoms with Crippen LogP contribution in [0.5, 0.6) is 0 Å². The molecule has 102 valence electrons. The lowest BCUT2D eigenvalue weighted by Crippen LogP contribution is -2.46. The van der Waals surface area contributed by atoms with Crippen LogP contribution in [0.25, 0.3) is 0 Å². The Bertz CT molecular complexity index is 481. The number of likely N-dealkylation sites (tertiary alicyclic amines) is 1. The normalized spacial score (nSPS) is 25.5. The third-order valence-electron chi connectivity index (χ3n) is 4.51. The van der Waals surface area contributed by atoms with E-state index in [2.05, 4.69) is 12.1 Å². The van der Waals surface area contributed by atoms with Gasteiger partial charge in [-0.2, -0.15) is 0 Å². The predicted octanol–water partition coefficient (Wildman–Crippen LogP) is 2.32. The standard InChI is InChI=1S/C15H19ClN2O/c16-12-4-2-11(3-5-12)15(6-1-7-15)10-18-9-13(17)8-14(18)19/h2-5,13H,1,6-10,17H2. The molecule has 1 heterocycles. The van der Waals surface area contributed by atoms with Gasteiger partial charge in [-0.1, -0.05) is 30.2 Å². The fraction of sp³-hybridized carbons (Fsp3) is 0.533. The molecule has 1 atom stereocenters. The number of hydrogen-bond acceptors (Lipinski definition) is 2. The highest BCUT2D eigenvalue weighted by Crippen LogP contribution is 2.45. The molecule has 1 amide bonds. The first-order valence-corrected chi connectivity index (χ1v) is 7.26. The fourth-order valence-electron chi connectivity index (χ4n) is 3.27. The van der Waals surface area contributed by atoms with Crippen molar-refractivity contribution < 1.29 is 4.79 Å². The van der Waals surface area contributed by atoms with Crippen LogP contribution in [0.4, 0.5) is 0 Å². The number of nitrogens with zero attached hydrogens (tertiary/aromatic N) is 1. The molecule has 19 heavy (non-hydrogen) atoms. The first-order chi connectivity index (χ1) is 9.09. The van der Waals surface area contributed by atoms with Crippen molar-refractivity contribution in [3.05, 3.63) is 34.9 Å². The van der Waals surface area contributed by atoms with Gasteiger partial charge in [0.25, 0.3) is 0 Å². The van der Waals surface area contributed by atoms with Gasteiger partial charge in [0, 0.05) is 36.0 Å². The molecule has 2 N–H and O–H groups in total. The zero-order chi connectivity index (χ0) is 13.5. The van der Waals surface area contributed by atoms with E-state index in [-0.39, 0.29) is 17.4 Å². The molecule has 1 unspecified atom stereocenters. The Kier molecular flexibility index (Phi) is 3.27. The lowest BCUT2D eigenvalue weighted by molar-refractivity contribution is -0.129. The summed E-state index contributed by atoms with van der Waals surface area (Å²) in [4.78, 5) is 13.9. The number of rotatable bonds is 3. The Balaban J connectivity index is 1.80. The average Bonchev–Trinajstić information content (AvgIpc) is 2.64. The number of nitrogens with two attached hydrogens (primary N) is 1. The van der Waals surface area contributed by atoms with E-state index in [1.807, 2.05) is 17.0 Å². The zero-order valence-electron chi connectivity index (χ0n) is 10.9. The second-order valence-electron chi connectivity index (χ2n) is 5.88. The van der Waals surface area contributed by atoms with Gasteiger partial charge in [-0.05, 0) is 30.5 Å². The van der Waals surface area contributed by atoms with E-state index in [4.69, 9.17) is 17.3 Å². The molecule has 2 aliphatic rings. The van der Waals surface area contributed by atoms with Crippen LogP contribution in [0.2, 0.25) is 5.02 Å². The maximum absolute atomic E-state index is 11.9. The number of benzene rings is 1. The van der Waals surface area contributed by atoms with E-state index >= 15 is 0 Å². The van der Waals surface area contributed by atoms with Crippen molar-refractivity contribution in [2.45, 2.75) is 37.1 Å². The summed E-state index contributed by atoms with van der Waals surface area (Å²) in [5, 5.41) is 0.762. The summed E-state index contributed by atoms with van der Waals surface area (Å²) in [6, 6.07) is 8.09. The average molecular weight is 279 g/mol. The highest BCUT2D eigenvalue weighted by molar-refractivity contribution is 6.30. The summed E-state index contributed by atoms with van der Waals surface area (Å²) in [6.45, 7) is 1.51. The Labute approximate surface area is 118 Å². The Morgan fingerprint density at radius 3 is 2.47 bits per heavy atom. The lowest BCUT2D eigenvalue weighted by Gasteiger charge is -2.45. The molecule has 0 radical (unpaired) electrons. The van der Waals surface area contributed by atoms with Gasteiger partial charge in [-0.25, -0.2) is 0 Å². The molecule has 0 bridgehead atoms. The first kappa shape index (κ1) is 12.9. The minimum Gasteiger partial charge on any atom is -0.340 e. The van der Waals surface area contributed by atoms with Crippen LogP contribution in [0, 0.1) is 0 Å². The summed E-state index contributed by atoms with van der Waals surface area (Å²) in [7, 11) is 0. The SMILES string of the molecule is NC1CC(=O)N(CC2(c3ccc(Cl)cc3)CCC2)C1. The fourth-order valence-corrected chi connectivity index (χ4v) is 3.39. The summed E-state index contributed by atoms with van der Waals surface area (Å²) in [6.07, 6.45) is 4.02. The van der Waals surface area contributed by atoms with Crippen molar-refractivity contribution in [2.75, 3.05) is 13.1 Å². The lowest BCUT2D eigenvalue weighted by atomic mass is 9.64. The summed E-state index contributed by atoms with van der Waals surface area (Å²) in [5.41, 5.74) is 7.30. The molecule has 3 nitrogen and oxygen atoms in total. The number of halogens is 1. The van der Waals surface area contributed by atoms with Gasteiger partial charge in [-0.3, -0.25) is 4.79 Å². The minimum atomic E-state index is 0.00912. The largest absolute Gasteiger partial charge is 0.340 e. The zero-order valence-corrected chi connectivity index (χ0v) is 11.7. The number of amides is 1. The van der Waals surface area contributed by atoms with Crippen molar-refractivity contribution in [2.24, 2.45) is 5.73 Å². The van der Waals surface area contributed by atoms with Crippen LogP contribution in [0.3, 0.4) is 0 Å². The maximum Gasteiger partial charge on any atom is 0.224 e. The summed E-state index contributed by atoms with van der Waals surface area (Å²) in [5.74, 6) is 0.202. The monoisotopic (exact) mass is 278 g/mol. The third-order valence-corrected chi connectivity index (χ3v) is 4.76. The maximum atomic E-state index is 11.9. The Morgan fingerprint density at radius 2 is 2.00 bits per heavy atom. The number of carbonyl (C=O) groups is 1. The Hall–Kier alpha value is -1.06. The van der Waals surface area contributed by atoms with Gasteiger partial charge in [0.15, 0.2) is 0 Å². The van der Waals surface area contributed by atoms with Crippen LogP contribution >= 0.6 is 11.6 Å². The van der Waals surface area contributed by atoms with Crippen LogP contribution in [-0.4, -0.2) is 29.9 Å². The van der Waals surface area contributed by atoms with Gasteiger partial charge in [0.2, 0.25) is 5.91 Å². The second-order valence-corrected chi connectivity index (χ2v) is 6.32. The molecule has 1 saturated heterocycles. The molecule has 3 rings (SSSR count). The van der Waals surface area contributed by atoms with E-state index in [9.17, 15) is 4.79 Å².